The fourth-order valence-corrected chi connectivity index (χ4v) is 2.49. The highest BCUT2D eigenvalue weighted by Crippen LogP contribution is 2.21. The molecule has 15 heavy (non-hydrogen) atoms. The number of hydrogen-bond acceptors (Lipinski definition) is 2. The van der Waals surface area contributed by atoms with Crippen LogP contribution in [0.1, 0.15) is 10.6 Å². The van der Waals surface area contributed by atoms with Crippen LogP contribution < -0.4 is 5.32 Å². The van der Waals surface area contributed by atoms with Crippen LogP contribution in [0.15, 0.2) is 30.5 Å². The van der Waals surface area contributed by atoms with Gasteiger partial charge >= 0.3 is 0 Å². The third kappa shape index (κ3) is 3.38. The zero-order valence-electron chi connectivity index (χ0n) is 8.29. The first-order chi connectivity index (χ1) is 7.34. The van der Waals surface area contributed by atoms with Gasteiger partial charge in [0.05, 0.1) is 4.34 Å². The van der Waals surface area contributed by atoms with E-state index in [0.717, 1.165) is 23.8 Å². The fourth-order valence-electron chi connectivity index (χ4n) is 1.40. The lowest BCUT2D eigenvalue weighted by Gasteiger charge is -2.01. The van der Waals surface area contributed by atoms with Crippen molar-refractivity contribution in [3.05, 3.63) is 45.4 Å². The molecule has 2 nitrogen and oxygen atoms in total. The average molecular weight is 241 g/mol. The lowest BCUT2D eigenvalue weighted by Crippen LogP contribution is -2.16. The molecule has 0 fully saturated rings. The molecule has 0 amide bonds. The van der Waals surface area contributed by atoms with Gasteiger partial charge in [-0.1, -0.05) is 11.6 Å². The van der Waals surface area contributed by atoms with Crippen molar-refractivity contribution in [1.29, 1.82) is 0 Å². The molecule has 2 aromatic rings. The minimum Gasteiger partial charge on any atom is -0.364 e. The summed E-state index contributed by atoms with van der Waals surface area (Å²) in [6.07, 6.45) is 2.98. The summed E-state index contributed by atoms with van der Waals surface area (Å²) < 4.78 is 0.870. The number of nitrogens with one attached hydrogen (secondary N) is 2. The maximum Gasteiger partial charge on any atom is 0.0931 e. The van der Waals surface area contributed by atoms with Gasteiger partial charge in [-0.15, -0.1) is 11.3 Å². The smallest absolute Gasteiger partial charge is 0.0931 e. The highest BCUT2D eigenvalue weighted by atomic mass is 35.5. The Labute approximate surface area is 98.3 Å². The number of halogens is 1. The van der Waals surface area contributed by atoms with Gasteiger partial charge in [0.2, 0.25) is 0 Å². The second-order valence-corrected chi connectivity index (χ2v) is 5.13. The van der Waals surface area contributed by atoms with Crippen molar-refractivity contribution in [3.63, 3.8) is 0 Å². The number of aromatic amines is 1. The van der Waals surface area contributed by atoms with E-state index in [1.165, 1.54) is 10.6 Å². The van der Waals surface area contributed by atoms with E-state index in [9.17, 15) is 0 Å². The van der Waals surface area contributed by atoms with Crippen molar-refractivity contribution in [1.82, 2.24) is 10.3 Å². The van der Waals surface area contributed by atoms with Crippen LogP contribution in [0.5, 0.6) is 0 Å². The molecule has 0 saturated carbocycles. The fraction of sp³-hybridized carbons (Fsp3) is 0.273. The van der Waals surface area contributed by atoms with Crippen molar-refractivity contribution < 1.29 is 0 Å². The van der Waals surface area contributed by atoms with E-state index in [-0.39, 0.29) is 0 Å². The van der Waals surface area contributed by atoms with Crippen LogP contribution in [0.3, 0.4) is 0 Å². The van der Waals surface area contributed by atoms with Crippen molar-refractivity contribution in [3.8, 4) is 0 Å². The zero-order valence-corrected chi connectivity index (χ0v) is 9.87. The molecule has 2 aromatic heterocycles. The van der Waals surface area contributed by atoms with Crippen molar-refractivity contribution in [2.75, 3.05) is 6.54 Å². The van der Waals surface area contributed by atoms with E-state index >= 15 is 0 Å². The molecule has 0 aliphatic carbocycles. The molecule has 2 N–H and O–H groups in total. The summed E-state index contributed by atoms with van der Waals surface area (Å²) in [6, 6.07) is 8.13. The summed E-state index contributed by atoms with van der Waals surface area (Å²) in [5.41, 5.74) is 1.22. The first-order valence-electron chi connectivity index (χ1n) is 4.92. The van der Waals surface area contributed by atoms with Gasteiger partial charge in [-0.3, -0.25) is 0 Å². The van der Waals surface area contributed by atoms with E-state index in [4.69, 9.17) is 11.6 Å². The third-order valence-corrected chi connectivity index (χ3v) is 3.45. The largest absolute Gasteiger partial charge is 0.364 e. The van der Waals surface area contributed by atoms with E-state index < -0.39 is 0 Å². The van der Waals surface area contributed by atoms with Gasteiger partial charge in [-0.25, -0.2) is 0 Å². The Bertz CT molecular complexity index is 394. The lowest BCUT2D eigenvalue weighted by atomic mass is 10.3. The van der Waals surface area contributed by atoms with Gasteiger partial charge in [0.25, 0.3) is 0 Å². The predicted octanol–water partition coefficient (Wildman–Crippen LogP) is 3.06. The topological polar surface area (TPSA) is 27.8 Å². The second-order valence-electron chi connectivity index (χ2n) is 3.33. The van der Waals surface area contributed by atoms with Gasteiger partial charge in [0, 0.05) is 29.9 Å². The van der Waals surface area contributed by atoms with Crippen LogP contribution in [0.2, 0.25) is 4.34 Å². The Hall–Kier alpha value is -0.770. The normalized spacial score (nSPS) is 10.7. The Balaban J connectivity index is 1.67. The van der Waals surface area contributed by atoms with E-state index in [1.54, 1.807) is 11.3 Å². The van der Waals surface area contributed by atoms with E-state index in [2.05, 4.69) is 22.4 Å². The lowest BCUT2D eigenvalue weighted by molar-refractivity contribution is 0.681. The molecule has 0 aromatic carbocycles. The molecule has 0 aliphatic heterocycles. The van der Waals surface area contributed by atoms with E-state index in [1.807, 2.05) is 18.3 Å². The van der Waals surface area contributed by atoms with Crippen LogP contribution in [0.25, 0.3) is 0 Å². The standard InChI is InChI=1S/C11H13ClN2S/c12-11-4-3-10(15-11)5-7-13-8-9-2-1-6-14-9/h1-4,6,13-14H,5,7-8H2. The molecule has 2 rings (SSSR count). The zero-order chi connectivity index (χ0) is 10.5. The molecule has 80 valence electrons. The molecule has 0 unspecified atom stereocenters. The molecule has 0 bridgehead atoms. The first-order valence-corrected chi connectivity index (χ1v) is 6.11. The molecule has 0 aliphatic rings. The predicted molar refractivity (Wildman–Crippen MR) is 65.5 cm³/mol. The molecule has 2 heterocycles. The van der Waals surface area contributed by atoms with Crippen molar-refractivity contribution >= 4 is 22.9 Å². The minimum absolute atomic E-state index is 0.870. The molecule has 0 saturated heterocycles. The Kier molecular flexibility index (Phi) is 3.83. The summed E-state index contributed by atoms with van der Waals surface area (Å²) in [5, 5.41) is 3.38. The number of H-pyrrole nitrogens is 1. The van der Waals surface area contributed by atoms with Gasteiger partial charge < -0.3 is 10.3 Å². The highest BCUT2D eigenvalue weighted by molar-refractivity contribution is 7.16. The Morgan fingerprint density at radius 3 is 2.93 bits per heavy atom. The van der Waals surface area contributed by atoms with Gasteiger partial charge in [-0.2, -0.15) is 0 Å². The van der Waals surface area contributed by atoms with Gasteiger partial charge in [-0.05, 0) is 30.7 Å². The quantitative estimate of drug-likeness (QED) is 0.773. The maximum atomic E-state index is 5.85. The monoisotopic (exact) mass is 240 g/mol. The highest BCUT2D eigenvalue weighted by Gasteiger charge is 1.97. The number of rotatable bonds is 5. The first kappa shape index (κ1) is 10.7. The average Bonchev–Trinajstić information content (AvgIpc) is 2.84. The van der Waals surface area contributed by atoms with Crippen LogP contribution >= 0.6 is 22.9 Å². The Morgan fingerprint density at radius 1 is 1.33 bits per heavy atom. The number of thiophene rings is 1. The summed E-state index contributed by atoms with van der Waals surface area (Å²) >= 11 is 7.50. The maximum absolute atomic E-state index is 5.85. The van der Waals surface area contributed by atoms with Gasteiger partial charge in [0.1, 0.15) is 0 Å². The van der Waals surface area contributed by atoms with Crippen LogP contribution in [0, 0.1) is 0 Å². The van der Waals surface area contributed by atoms with Crippen LogP contribution in [0.4, 0.5) is 0 Å². The molecular formula is C11H13ClN2S. The molecule has 4 heteroatoms. The second kappa shape index (κ2) is 5.35. The summed E-state index contributed by atoms with van der Waals surface area (Å²) in [5.74, 6) is 0. The third-order valence-electron chi connectivity index (χ3n) is 2.15. The van der Waals surface area contributed by atoms with E-state index in [0.29, 0.717) is 0 Å². The Morgan fingerprint density at radius 2 is 2.27 bits per heavy atom. The van der Waals surface area contributed by atoms with Crippen molar-refractivity contribution in [2.45, 2.75) is 13.0 Å². The van der Waals surface area contributed by atoms with Crippen molar-refractivity contribution in [2.24, 2.45) is 0 Å². The molecule has 0 spiro atoms. The molecular weight excluding hydrogens is 228 g/mol. The van der Waals surface area contributed by atoms with Gasteiger partial charge in [0.15, 0.2) is 0 Å². The summed E-state index contributed by atoms with van der Waals surface area (Å²) in [4.78, 5) is 4.49. The minimum atomic E-state index is 0.870. The summed E-state index contributed by atoms with van der Waals surface area (Å²) in [7, 11) is 0. The molecule has 0 atom stereocenters. The van der Waals surface area contributed by atoms with Crippen LogP contribution in [-0.2, 0) is 13.0 Å². The number of hydrogen-bond donors (Lipinski definition) is 2. The molecule has 0 radical (unpaired) electrons. The number of aromatic nitrogens is 1. The van der Waals surface area contributed by atoms with Crippen LogP contribution in [-0.4, -0.2) is 11.5 Å². The SMILES string of the molecule is Clc1ccc(CCNCc2ccc[nH]2)s1. The summed E-state index contributed by atoms with van der Waals surface area (Å²) in [6.45, 7) is 1.88.